The summed E-state index contributed by atoms with van der Waals surface area (Å²) in [6.45, 7) is 6.86. The van der Waals surface area contributed by atoms with Crippen LogP contribution in [0, 0.1) is 17.8 Å². The smallest absolute Gasteiger partial charge is 0.178 e. The highest BCUT2D eigenvalue weighted by Gasteiger charge is 2.23. The molecule has 1 N–H and O–H groups in total. The van der Waals surface area contributed by atoms with Gasteiger partial charge < -0.3 is 5.32 Å². The molecule has 0 unspecified atom stereocenters. The van der Waals surface area contributed by atoms with Crippen molar-refractivity contribution in [3.63, 3.8) is 0 Å². The van der Waals surface area contributed by atoms with E-state index < -0.39 is 9.84 Å². The van der Waals surface area contributed by atoms with Crippen molar-refractivity contribution in [3.05, 3.63) is 29.8 Å². The Morgan fingerprint density at radius 3 is 2.54 bits per heavy atom. The van der Waals surface area contributed by atoms with E-state index in [2.05, 4.69) is 37.9 Å². The van der Waals surface area contributed by atoms with E-state index in [1.807, 2.05) is 6.07 Å². The first kappa shape index (κ1) is 19.0. The number of rotatable bonds is 4. The Morgan fingerprint density at radius 2 is 1.88 bits per heavy atom. The lowest BCUT2D eigenvalue weighted by Gasteiger charge is -2.21. The molecule has 1 aromatic carbocycles. The zero-order chi connectivity index (χ0) is 17.6. The van der Waals surface area contributed by atoms with E-state index in [1.54, 1.807) is 18.2 Å². The lowest BCUT2D eigenvalue weighted by atomic mass is 9.91. The second kappa shape index (κ2) is 8.18. The molecular weight excluding hydrogens is 318 g/mol. The average molecular weight is 348 g/mol. The maximum Gasteiger partial charge on any atom is 0.178 e. The highest BCUT2D eigenvalue weighted by molar-refractivity contribution is 7.91. The van der Waals surface area contributed by atoms with Crippen molar-refractivity contribution in [1.29, 1.82) is 0 Å². The van der Waals surface area contributed by atoms with E-state index in [1.165, 1.54) is 6.42 Å². The molecule has 132 valence electrons. The Kier molecular flexibility index (Phi) is 6.48. The molecule has 0 aromatic heterocycles. The largest absolute Gasteiger partial charge is 0.301 e. The predicted molar refractivity (Wildman–Crippen MR) is 99.7 cm³/mol. The van der Waals surface area contributed by atoms with Gasteiger partial charge in [0.15, 0.2) is 9.84 Å². The third-order valence-corrected chi connectivity index (χ3v) is 6.20. The second-order valence-electron chi connectivity index (χ2n) is 7.72. The van der Waals surface area contributed by atoms with Gasteiger partial charge in [0.25, 0.3) is 0 Å². The van der Waals surface area contributed by atoms with E-state index in [9.17, 15) is 8.42 Å². The van der Waals surface area contributed by atoms with Crippen molar-refractivity contribution in [2.24, 2.45) is 5.92 Å². The van der Waals surface area contributed by atoms with Crippen LogP contribution in [0.1, 0.15) is 58.4 Å². The number of sulfone groups is 1. The Hall–Kier alpha value is -1.31. The first-order chi connectivity index (χ1) is 11.3. The van der Waals surface area contributed by atoms with Gasteiger partial charge >= 0.3 is 0 Å². The van der Waals surface area contributed by atoms with Crippen molar-refractivity contribution < 1.29 is 8.42 Å². The quantitative estimate of drug-likeness (QED) is 0.843. The molecule has 1 aliphatic carbocycles. The molecule has 0 spiro atoms. The third kappa shape index (κ3) is 6.30. The van der Waals surface area contributed by atoms with Crippen molar-refractivity contribution in [3.8, 4) is 11.8 Å². The standard InChI is InChI=1S/C20H29NO2S/c1-20(2,3)21-14-8-12-17-11-7-13-19(15-17)24(22,23)16-18-9-5-4-6-10-18/h7,11,13,15,18,21H,4-6,9-10,14,16H2,1-3H3. The maximum absolute atomic E-state index is 12.7. The first-order valence-corrected chi connectivity index (χ1v) is 10.5. The molecule has 4 heteroatoms. The van der Waals surface area contributed by atoms with Crippen molar-refractivity contribution in [2.45, 2.75) is 63.3 Å². The summed E-state index contributed by atoms with van der Waals surface area (Å²) in [5.41, 5.74) is 0.787. The molecule has 2 rings (SSSR count). The highest BCUT2D eigenvalue weighted by atomic mass is 32.2. The second-order valence-corrected chi connectivity index (χ2v) is 9.75. The Bertz CT molecular complexity index is 699. The summed E-state index contributed by atoms with van der Waals surface area (Å²) in [4.78, 5) is 0.406. The van der Waals surface area contributed by atoms with Gasteiger partial charge in [0, 0.05) is 11.1 Å². The van der Waals surface area contributed by atoms with Gasteiger partial charge in [0.1, 0.15) is 0 Å². The van der Waals surface area contributed by atoms with E-state index in [4.69, 9.17) is 0 Å². The van der Waals surface area contributed by atoms with Gasteiger partial charge in [0.05, 0.1) is 17.2 Å². The molecule has 1 aliphatic rings. The minimum absolute atomic E-state index is 0.0276. The molecule has 3 nitrogen and oxygen atoms in total. The van der Waals surface area contributed by atoms with Crippen LogP contribution < -0.4 is 5.32 Å². The monoisotopic (exact) mass is 347 g/mol. The lowest BCUT2D eigenvalue weighted by Crippen LogP contribution is -2.35. The fourth-order valence-corrected chi connectivity index (χ4v) is 4.72. The zero-order valence-corrected chi connectivity index (χ0v) is 15.9. The molecule has 0 amide bonds. The summed E-state index contributed by atoms with van der Waals surface area (Å²) >= 11 is 0. The number of nitrogens with one attached hydrogen (secondary N) is 1. The van der Waals surface area contributed by atoms with Crippen LogP contribution in [0.25, 0.3) is 0 Å². The van der Waals surface area contributed by atoms with Gasteiger partial charge in [-0.15, -0.1) is 0 Å². The summed E-state index contributed by atoms with van der Waals surface area (Å²) in [6.07, 6.45) is 5.64. The topological polar surface area (TPSA) is 46.2 Å². The lowest BCUT2D eigenvalue weighted by molar-refractivity contribution is 0.385. The van der Waals surface area contributed by atoms with Gasteiger partial charge in [0.2, 0.25) is 0 Å². The molecule has 1 fully saturated rings. The summed E-state index contributed by atoms with van der Waals surface area (Å²) in [5, 5.41) is 3.30. The fourth-order valence-electron chi connectivity index (χ4n) is 2.98. The van der Waals surface area contributed by atoms with Gasteiger partial charge in [-0.1, -0.05) is 37.2 Å². The summed E-state index contributed by atoms with van der Waals surface area (Å²) < 4.78 is 25.3. The molecule has 0 bridgehead atoms. The maximum atomic E-state index is 12.7. The normalized spacial score (nSPS) is 16.5. The number of benzene rings is 1. The first-order valence-electron chi connectivity index (χ1n) is 8.83. The van der Waals surface area contributed by atoms with E-state index in [0.717, 1.165) is 31.2 Å². The highest BCUT2D eigenvalue weighted by Crippen LogP contribution is 2.27. The van der Waals surface area contributed by atoms with Crippen LogP contribution >= 0.6 is 0 Å². The Labute approximate surface area is 147 Å². The molecule has 0 atom stereocenters. The molecule has 1 saturated carbocycles. The van der Waals surface area contributed by atoms with Crippen LogP contribution in [0.4, 0.5) is 0 Å². The van der Waals surface area contributed by atoms with Crippen LogP contribution in [-0.4, -0.2) is 26.3 Å². The molecule has 24 heavy (non-hydrogen) atoms. The van der Waals surface area contributed by atoms with Crippen LogP contribution in [0.5, 0.6) is 0 Å². The van der Waals surface area contributed by atoms with Crippen LogP contribution in [0.2, 0.25) is 0 Å². The van der Waals surface area contributed by atoms with Gasteiger partial charge in [-0.3, -0.25) is 0 Å². The fraction of sp³-hybridized carbons (Fsp3) is 0.600. The van der Waals surface area contributed by atoms with Crippen molar-refractivity contribution in [1.82, 2.24) is 5.32 Å². The molecule has 0 heterocycles. The average Bonchev–Trinajstić information content (AvgIpc) is 2.52. The Morgan fingerprint density at radius 1 is 1.17 bits per heavy atom. The van der Waals surface area contributed by atoms with Crippen molar-refractivity contribution >= 4 is 9.84 Å². The molecule has 0 saturated heterocycles. The number of hydrogen-bond acceptors (Lipinski definition) is 3. The van der Waals surface area contributed by atoms with Gasteiger partial charge in [-0.05, 0) is 57.7 Å². The summed E-state index contributed by atoms with van der Waals surface area (Å²) in [5.74, 6) is 6.71. The van der Waals surface area contributed by atoms with E-state index >= 15 is 0 Å². The summed E-state index contributed by atoms with van der Waals surface area (Å²) in [6, 6.07) is 7.05. The van der Waals surface area contributed by atoms with Gasteiger partial charge in [-0.25, -0.2) is 8.42 Å². The van der Waals surface area contributed by atoms with Gasteiger partial charge in [-0.2, -0.15) is 0 Å². The minimum Gasteiger partial charge on any atom is -0.301 e. The molecular formula is C20H29NO2S. The van der Waals surface area contributed by atoms with E-state index in [-0.39, 0.29) is 11.3 Å². The van der Waals surface area contributed by atoms with Crippen LogP contribution in [0.3, 0.4) is 0 Å². The zero-order valence-electron chi connectivity index (χ0n) is 15.1. The van der Waals surface area contributed by atoms with Crippen LogP contribution in [-0.2, 0) is 9.84 Å². The third-order valence-electron chi connectivity index (χ3n) is 4.31. The SMILES string of the molecule is CC(C)(C)NCC#Cc1cccc(S(=O)(=O)CC2CCCCC2)c1. The molecule has 0 aliphatic heterocycles. The van der Waals surface area contributed by atoms with E-state index in [0.29, 0.717) is 17.4 Å². The molecule has 0 radical (unpaired) electrons. The minimum atomic E-state index is -3.22. The predicted octanol–water partition coefficient (Wildman–Crippen LogP) is 3.78. The van der Waals surface area contributed by atoms with Crippen LogP contribution in [0.15, 0.2) is 29.2 Å². The number of hydrogen-bond donors (Lipinski definition) is 1. The van der Waals surface area contributed by atoms with Crippen molar-refractivity contribution in [2.75, 3.05) is 12.3 Å². The summed E-state index contributed by atoms with van der Waals surface area (Å²) in [7, 11) is -3.22. The molecule has 1 aromatic rings. The Balaban J connectivity index is 2.04.